The highest BCUT2D eigenvalue weighted by Crippen LogP contribution is 2.38. The molecular weight excluding hydrogens is 413 g/mol. The molecule has 0 aromatic heterocycles. The molecule has 0 aliphatic carbocycles. The summed E-state index contributed by atoms with van der Waals surface area (Å²) in [5, 5.41) is 2.90. The second kappa shape index (κ2) is 9.80. The van der Waals surface area contributed by atoms with E-state index >= 15 is 0 Å². The minimum atomic E-state index is -4.71. The van der Waals surface area contributed by atoms with Crippen LogP contribution in [0.15, 0.2) is 42.5 Å². The first-order chi connectivity index (χ1) is 14.8. The lowest BCUT2D eigenvalue weighted by Crippen LogP contribution is -2.40. The lowest BCUT2D eigenvalue weighted by atomic mass is 10.0. The maximum atomic E-state index is 12.8. The molecule has 1 fully saturated rings. The Labute approximate surface area is 178 Å². The molecule has 0 bridgehead atoms. The fourth-order valence-corrected chi connectivity index (χ4v) is 3.70. The topological polar surface area (TPSA) is 60.0 Å². The van der Waals surface area contributed by atoms with Crippen LogP contribution in [0.25, 0.3) is 0 Å². The number of carbonyl (C=O) groups excluding carboxylic acids is 1. The highest BCUT2D eigenvalue weighted by Gasteiger charge is 2.32. The van der Waals surface area contributed by atoms with E-state index in [9.17, 15) is 18.0 Å². The van der Waals surface area contributed by atoms with Crippen molar-refractivity contribution in [2.45, 2.75) is 31.7 Å². The van der Waals surface area contributed by atoms with E-state index < -0.39 is 6.36 Å². The summed E-state index contributed by atoms with van der Waals surface area (Å²) >= 11 is 0. The lowest BCUT2D eigenvalue weighted by molar-refractivity contribution is -0.274. The smallest absolute Gasteiger partial charge is 0.497 e. The van der Waals surface area contributed by atoms with Gasteiger partial charge in [-0.25, -0.2) is 4.79 Å². The molecule has 1 N–H and O–H groups in total. The van der Waals surface area contributed by atoms with E-state index in [4.69, 9.17) is 9.47 Å². The minimum Gasteiger partial charge on any atom is -0.497 e. The largest absolute Gasteiger partial charge is 0.573 e. The molecule has 2 aromatic rings. The highest BCUT2D eigenvalue weighted by molar-refractivity contribution is 5.75. The van der Waals surface area contributed by atoms with Crippen LogP contribution in [0.2, 0.25) is 0 Å². The van der Waals surface area contributed by atoms with Gasteiger partial charge in [-0.3, -0.25) is 0 Å². The van der Waals surface area contributed by atoms with E-state index in [-0.39, 0.29) is 17.8 Å². The minimum absolute atomic E-state index is 0.0975. The van der Waals surface area contributed by atoms with Gasteiger partial charge in [0.15, 0.2) is 0 Å². The number of rotatable bonds is 7. The summed E-state index contributed by atoms with van der Waals surface area (Å²) in [6.45, 7) is 0.996. The monoisotopic (exact) mass is 438 g/mol. The molecule has 2 amide bonds. The van der Waals surface area contributed by atoms with Gasteiger partial charge >= 0.3 is 12.4 Å². The van der Waals surface area contributed by atoms with Crippen molar-refractivity contribution in [1.29, 1.82) is 0 Å². The molecular formula is C22H25F3N2O4. The quantitative estimate of drug-likeness (QED) is 0.681. The molecule has 1 saturated heterocycles. The van der Waals surface area contributed by atoms with Gasteiger partial charge in [0.1, 0.15) is 17.2 Å². The Kier molecular flexibility index (Phi) is 7.14. The number of nitrogens with zero attached hydrogens (tertiary/aromatic N) is 1. The van der Waals surface area contributed by atoms with E-state index in [1.807, 2.05) is 12.1 Å². The van der Waals surface area contributed by atoms with Crippen molar-refractivity contribution >= 4 is 6.03 Å². The molecule has 6 nitrogen and oxygen atoms in total. The van der Waals surface area contributed by atoms with Crippen LogP contribution in [0.4, 0.5) is 18.0 Å². The Bertz CT molecular complexity index is 887. The van der Waals surface area contributed by atoms with Crippen LogP contribution in [0.5, 0.6) is 17.2 Å². The molecule has 3 rings (SSSR count). The molecule has 1 heterocycles. The van der Waals surface area contributed by atoms with E-state index in [2.05, 4.69) is 10.1 Å². The predicted molar refractivity (Wildman–Crippen MR) is 108 cm³/mol. The van der Waals surface area contributed by atoms with Gasteiger partial charge in [-0.15, -0.1) is 13.2 Å². The van der Waals surface area contributed by atoms with Crippen LogP contribution in [-0.2, 0) is 6.42 Å². The summed E-state index contributed by atoms with van der Waals surface area (Å²) in [4.78, 5) is 14.5. The molecule has 2 aromatic carbocycles. The van der Waals surface area contributed by atoms with Crippen molar-refractivity contribution in [1.82, 2.24) is 10.2 Å². The van der Waals surface area contributed by atoms with E-state index in [0.29, 0.717) is 31.0 Å². The third kappa shape index (κ3) is 5.96. The Balaban J connectivity index is 1.57. The van der Waals surface area contributed by atoms with Crippen LogP contribution in [0.1, 0.15) is 30.0 Å². The second-order valence-corrected chi connectivity index (χ2v) is 7.13. The number of halogens is 3. The molecule has 1 aliphatic heterocycles. The summed E-state index contributed by atoms with van der Waals surface area (Å²) < 4.78 is 51.3. The molecule has 0 saturated carbocycles. The van der Waals surface area contributed by atoms with Crippen LogP contribution in [0.3, 0.4) is 0 Å². The van der Waals surface area contributed by atoms with Crippen LogP contribution >= 0.6 is 0 Å². The zero-order valence-corrected chi connectivity index (χ0v) is 17.4. The fourth-order valence-electron chi connectivity index (χ4n) is 3.70. The van der Waals surface area contributed by atoms with Crippen molar-refractivity contribution < 1.29 is 32.2 Å². The molecule has 1 atom stereocenters. The second-order valence-electron chi connectivity index (χ2n) is 7.13. The molecule has 0 spiro atoms. The normalized spacial score (nSPS) is 16.2. The third-order valence-corrected chi connectivity index (χ3v) is 5.16. The summed E-state index contributed by atoms with van der Waals surface area (Å²) in [6.07, 6.45) is -2.51. The zero-order chi connectivity index (χ0) is 22.4. The average molecular weight is 438 g/mol. The third-order valence-electron chi connectivity index (χ3n) is 5.16. The number of hydrogen-bond donors (Lipinski definition) is 1. The summed E-state index contributed by atoms with van der Waals surface area (Å²) in [6, 6.07) is 10.9. The van der Waals surface area contributed by atoms with Gasteiger partial charge in [-0.1, -0.05) is 12.1 Å². The first kappa shape index (κ1) is 22.6. The van der Waals surface area contributed by atoms with Gasteiger partial charge in [0.2, 0.25) is 0 Å². The number of amides is 2. The summed E-state index contributed by atoms with van der Waals surface area (Å²) in [5.74, 6) is 1.08. The number of ether oxygens (including phenoxy) is 3. The molecule has 9 heteroatoms. The Hall–Kier alpha value is -3.10. The Morgan fingerprint density at radius 3 is 2.45 bits per heavy atom. The number of methoxy groups -OCH3 is 2. The Morgan fingerprint density at radius 1 is 1.10 bits per heavy atom. The fraction of sp³-hybridized carbons (Fsp3) is 0.409. The summed E-state index contributed by atoms with van der Waals surface area (Å²) in [5.41, 5.74) is 1.72. The number of hydrogen-bond acceptors (Lipinski definition) is 4. The molecule has 1 unspecified atom stereocenters. The van der Waals surface area contributed by atoms with Gasteiger partial charge in [-0.05, 0) is 49.1 Å². The number of carbonyl (C=O) groups is 1. The zero-order valence-electron chi connectivity index (χ0n) is 17.4. The van der Waals surface area contributed by atoms with Gasteiger partial charge < -0.3 is 24.4 Å². The summed E-state index contributed by atoms with van der Waals surface area (Å²) in [7, 11) is 3.17. The maximum Gasteiger partial charge on any atom is 0.573 e. The SMILES string of the molecule is COc1ccc(C2CCCN2C(=O)NCCc2ccc(OC(F)(F)F)cc2)c(OC)c1. The number of likely N-dealkylation sites (tertiary alicyclic amines) is 1. The van der Waals surface area contributed by atoms with Crippen molar-refractivity contribution in [3.63, 3.8) is 0 Å². The van der Waals surface area contributed by atoms with Gasteiger partial charge in [0.05, 0.1) is 20.3 Å². The lowest BCUT2D eigenvalue weighted by Gasteiger charge is -2.26. The number of benzene rings is 2. The predicted octanol–water partition coefficient (Wildman–Crippen LogP) is 4.69. The van der Waals surface area contributed by atoms with Crippen molar-refractivity contribution in [2.24, 2.45) is 0 Å². The maximum absolute atomic E-state index is 12.8. The van der Waals surface area contributed by atoms with Crippen LogP contribution in [-0.4, -0.2) is 44.6 Å². The number of nitrogens with one attached hydrogen (secondary N) is 1. The van der Waals surface area contributed by atoms with E-state index in [0.717, 1.165) is 24.0 Å². The Morgan fingerprint density at radius 2 is 1.81 bits per heavy atom. The number of alkyl halides is 3. The molecule has 0 radical (unpaired) electrons. The van der Waals surface area contributed by atoms with E-state index in [1.165, 1.54) is 12.1 Å². The first-order valence-electron chi connectivity index (χ1n) is 9.92. The molecule has 168 valence electrons. The van der Waals surface area contributed by atoms with Gasteiger partial charge in [0, 0.05) is 24.7 Å². The highest BCUT2D eigenvalue weighted by atomic mass is 19.4. The standard InChI is InChI=1S/C22H25F3N2O4/c1-29-17-9-10-18(20(14-17)30-2)19-4-3-13-27(19)21(28)26-12-11-15-5-7-16(8-6-15)31-22(23,24)25/h5-10,14,19H,3-4,11-13H2,1-2H3,(H,26,28). The van der Waals surface area contributed by atoms with Crippen molar-refractivity contribution in [3.05, 3.63) is 53.6 Å². The van der Waals surface area contributed by atoms with Gasteiger partial charge in [0.25, 0.3) is 0 Å². The van der Waals surface area contributed by atoms with Crippen molar-refractivity contribution in [2.75, 3.05) is 27.3 Å². The first-order valence-corrected chi connectivity index (χ1v) is 9.92. The van der Waals surface area contributed by atoms with E-state index in [1.54, 1.807) is 37.3 Å². The van der Waals surface area contributed by atoms with Crippen LogP contribution < -0.4 is 19.5 Å². The van der Waals surface area contributed by atoms with Gasteiger partial charge in [-0.2, -0.15) is 0 Å². The molecule has 1 aliphatic rings. The number of urea groups is 1. The molecule has 31 heavy (non-hydrogen) atoms. The van der Waals surface area contributed by atoms with Crippen LogP contribution in [0, 0.1) is 0 Å². The van der Waals surface area contributed by atoms with Crippen molar-refractivity contribution in [3.8, 4) is 17.2 Å². The average Bonchev–Trinajstić information content (AvgIpc) is 3.23.